The smallest absolute Gasteiger partial charge is 0.191 e. The first kappa shape index (κ1) is 16.0. The Hall–Kier alpha value is -1.06. The van der Waals surface area contributed by atoms with E-state index in [1.165, 1.54) is 0 Å². The largest absolute Gasteiger partial charge is 0.309 e. The van der Waals surface area contributed by atoms with Gasteiger partial charge in [0.2, 0.25) is 0 Å². The first-order chi connectivity index (χ1) is 8.91. The number of hydrogen-bond acceptors (Lipinski definition) is 5. The van der Waals surface area contributed by atoms with Gasteiger partial charge in [0.1, 0.15) is 11.4 Å². The minimum atomic E-state index is -0.476. The average Bonchev–Trinajstić information content (AvgIpc) is 2.68. The molecule has 0 aliphatic heterocycles. The van der Waals surface area contributed by atoms with Crippen molar-refractivity contribution in [2.24, 2.45) is 7.05 Å². The van der Waals surface area contributed by atoms with Gasteiger partial charge in [-0.25, -0.2) is 0 Å². The van der Waals surface area contributed by atoms with Crippen LogP contribution in [0.1, 0.15) is 39.4 Å². The van der Waals surface area contributed by atoms with Gasteiger partial charge in [-0.05, 0) is 33.2 Å². The van der Waals surface area contributed by atoms with Crippen LogP contribution in [-0.2, 0) is 7.05 Å². The lowest BCUT2D eigenvalue weighted by Crippen LogP contribution is -2.43. The molecule has 6 heteroatoms. The Kier molecular flexibility index (Phi) is 5.83. The van der Waals surface area contributed by atoms with Crippen LogP contribution < -0.4 is 5.32 Å². The summed E-state index contributed by atoms with van der Waals surface area (Å²) in [4.78, 5) is 0. The maximum Gasteiger partial charge on any atom is 0.191 e. The molecule has 1 aromatic heterocycles. The third-order valence-electron chi connectivity index (χ3n) is 3.07. The molecule has 1 heterocycles. The fourth-order valence-electron chi connectivity index (χ4n) is 1.85. The number of nitriles is 1. The minimum absolute atomic E-state index is 0.302. The van der Waals surface area contributed by atoms with Crippen molar-refractivity contribution in [3.63, 3.8) is 0 Å². The van der Waals surface area contributed by atoms with E-state index >= 15 is 0 Å². The van der Waals surface area contributed by atoms with E-state index in [-0.39, 0.29) is 0 Å². The fourth-order valence-corrected chi connectivity index (χ4v) is 3.00. The zero-order valence-electron chi connectivity index (χ0n) is 12.4. The quantitative estimate of drug-likeness (QED) is 0.777. The predicted octanol–water partition coefficient (Wildman–Crippen LogP) is 2.28. The Bertz CT molecular complexity index is 450. The zero-order chi connectivity index (χ0) is 14.5. The Labute approximate surface area is 119 Å². The van der Waals surface area contributed by atoms with E-state index in [1.807, 2.05) is 25.5 Å². The van der Waals surface area contributed by atoms with Gasteiger partial charge < -0.3 is 4.57 Å². The molecule has 0 fully saturated rings. The summed E-state index contributed by atoms with van der Waals surface area (Å²) >= 11 is 1.66. The third-order valence-corrected chi connectivity index (χ3v) is 4.20. The summed E-state index contributed by atoms with van der Waals surface area (Å²) in [5.41, 5.74) is -0.476. The van der Waals surface area contributed by atoms with Crippen molar-refractivity contribution >= 4 is 11.8 Å². The van der Waals surface area contributed by atoms with Gasteiger partial charge in [0, 0.05) is 12.3 Å². The summed E-state index contributed by atoms with van der Waals surface area (Å²) in [5.74, 6) is 0.904. The lowest BCUT2D eigenvalue weighted by molar-refractivity contribution is 0.418. The molecule has 106 valence electrons. The van der Waals surface area contributed by atoms with E-state index < -0.39 is 5.54 Å². The molecule has 0 bridgehead atoms. The van der Waals surface area contributed by atoms with Crippen molar-refractivity contribution in [2.45, 2.75) is 56.5 Å². The number of rotatable bonds is 7. The highest BCUT2D eigenvalue weighted by Crippen LogP contribution is 2.27. The number of aryl methyl sites for hydroxylation is 1. The second-order valence-corrected chi connectivity index (χ2v) is 6.50. The van der Waals surface area contributed by atoms with E-state index in [0.29, 0.717) is 5.25 Å². The van der Waals surface area contributed by atoms with Crippen molar-refractivity contribution in [1.29, 1.82) is 5.26 Å². The molecule has 2 unspecified atom stereocenters. The number of hydrogen-bond donors (Lipinski definition) is 1. The first-order valence-corrected chi connectivity index (χ1v) is 7.48. The van der Waals surface area contributed by atoms with E-state index in [1.54, 1.807) is 11.8 Å². The number of thioether (sulfide) groups is 1. The summed E-state index contributed by atoms with van der Waals surface area (Å²) in [6.07, 6.45) is 1.81. The van der Waals surface area contributed by atoms with Crippen LogP contribution in [0.2, 0.25) is 0 Å². The van der Waals surface area contributed by atoms with Crippen LogP contribution in [0.15, 0.2) is 5.16 Å². The first-order valence-electron chi connectivity index (χ1n) is 6.60. The van der Waals surface area contributed by atoms with Crippen molar-refractivity contribution in [3.8, 4) is 6.07 Å². The Morgan fingerprint density at radius 2 is 2.21 bits per heavy atom. The molecule has 2 atom stereocenters. The van der Waals surface area contributed by atoms with Crippen molar-refractivity contribution < 1.29 is 0 Å². The van der Waals surface area contributed by atoms with Crippen molar-refractivity contribution in [3.05, 3.63) is 5.82 Å². The van der Waals surface area contributed by atoms with Gasteiger partial charge in [-0.1, -0.05) is 25.6 Å². The normalized spacial score (nSPS) is 15.8. The summed E-state index contributed by atoms with van der Waals surface area (Å²) in [6.45, 7) is 8.99. The van der Waals surface area contributed by atoms with Crippen molar-refractivity contribution in [1.82, 2.24) is 20.1 Å². The summed E-state index contributed by atoms with van der Waals surface area (Å²) < 4.78 is 1.98. The highest BCUT2D eigenvalue weighted by molar-refractivity contribution is 7.99. The maximum atomic E-state index is 9.33. The number of aromatic nitrogens is 3. The van der Waals surface area contributed by atoms with Gasteiger partial charge in [-0.2, -0.15) is 5.26 Å². The van der Waals surface area contributed by atoms with E-state index in [2.05, 4.69) is 35.4 Å². The van der Waals surface area contributed by atoms with Crippen LogP contribution in [0.5, 0.6) is 0 Å². The second kappa shape index (κ2) is 6.92. The maximum absolute atomic E-state index is 9.33. The lowest BCUT2D eigenvalue weighted by atomic mass is 9.98. The number of nitrogens with zero attached hydrogens (tertiary/aromatic N) is 4. The van der Waals surface area contributed by atoms with Gasteiger partial charge in [0.25, 0.3) is 0 Å². The molecule has 0 saturated carbocycles. The van der Waals surface area contributed by atoms with Gasteiger partial charge in [-0.3, -0.25) is 5.32 Å². The third kappa shape index (κ3) is 4.51. The van der Waals surface area contributed by atoms with Crippen LogP contribution in [0.25, 0.3) is 0 Å². The molecule has 0 aliphatic carbocycles. The topological polar surface area (TPSA) is 66.5 Å². The monoisotopic (exact) mass is 281 g/mol. The average molecular weight is 281 g/mol. The highest BCUT2D eigenvalue weighted by Gasteiger charge is 2.26. The van der Waals surface area contributed by atoms with E-state index in [0.717, 1.165) is 30.4 Å². The van der Waals surface area contributed by atoms with E-state index in [4.69, 9.17) is 0 Å². The predicted molar refractivity (Wildman–Crippen MR) is 78.0 cm³/mol. The molecule has 1 rings (SSSR count). The van der Waals surface area contributed by atoms with Crippen molar-refractivity contribution in [2.75, 3.05) is 6.54 Å². The molecule has 1 N–H and O–H groups in total. The van der Waals surface area contributed by atoms with Crippen LogP contribution in [0.3, 0.4) is 0 Å². The van der Waals surface area contributed by atoms with Gasteiger partial charge >= 0.3 is 0 Å². The summed E-state index contributed by atoms with van der Waals surface area (Å²) in [7, 11) is 1.96. The molecule has 0 saturated heterocycles. The molecule has 0 spiro atoms. The molecular formula is C13H23N5S. The van der Waals surface area contributed by atoms with Crippen LogP contribution in [0, 0.1) is 18.3 Å². The van der Waals surface area contributed by atoms with E-state index in [9.17, 15) is 5.26 Å². The minimum Gasteiger partial charge on any atom is -0.309 e. The van der Waals surface area contributed by atoms with Gasteiger partial charge in [0.05, 0.1) is 6.07 Å². The van der Waals surface area contributed by atoms with Gasteiger partial charge in [-0.15, -0.1) is 10.2 Å². The molecule has 0 aliphatic rings. The van der Waals surface area contributed by atoms with Crippen LogP contribution in [-0.4, -0.2) is 32.1 Å². The Balaban J connectivity index is 2.61. The fraction of sp³-hybridized carbons (Fsp3) is 0.769. The second-order valence-electron chi connectivity index (χ2n) is 5.09. The molecule has 1 aromatic rings. The summed E-state index contributed by atoms with van der Waals surface area (Å²) in [5, 5.41) is 22.0. The molecule has 19 heavy (non-hydrogen) atoms. The van der Waals surface area contributed by atoms with Gasteiger partial charge in [0.15, 0.2) is 5.16 Å². The number of nitrogens with one attached hydrogen (secondary N) is 1. The Morgan fingerprint density at radius 3 is 2.68 bits per heavy atom. The molecule has 0 radical (unpaired) electrons. The molecule has 0 amide bonds. The summed E-state index contributed by atoms with van der Waals surface area (Å²) in [6, 6.07) is 2.38. The Morgan fingerprint density at radius 1 is 1.53 bits per heavy atom. The molecular weight excluding hydrogens is 258 g/mol. The van der Waals surface area contributed by atoms with Crippen LogP contribution >= 0.6 is 11.8 Å². The highest BCUT2D eigenvalue weighted by atomic mass is 32.2. The standard InChI is InChI=1S/C13H23N5S/c1-6-7-15-13(4,9-14)8-10(2)19-12-17-16-11(3)18(12)5/h10,15H,6-8H2,1-5H3. The zero-order valence-corrected chi connectivity index (χ0v) is 13.2. The van der Waals surface area contributed by atoms with Crippen LogP contribution in [0.4, 0.5) is 0 Å². The molecule has 5 nitrogen and oxygen atoms in total. The lowest BCUT2D eigenvalue weighted by Gasteiger charge is -2.26. The molecule has 0 aromatic carbocycles. The SMILES string of the molecule is CCCNC(C)(C#N)CC(C)Sc1nnc(C)n1C.